The largest absolute Gasteiger partial charge is 0.309 e. The molecule has 0 spiro atoms. The number of amides is 2. The molecule has 258 valence electrons. The van der Waals surface area contributed by atoms with E-state index in [1.165, 1.54) is 67.3 Å². The van der Waals surface area contributed by atoms with Gasteiger partial charge in [-0.3, -0.25) is 24.5 Å². The van der Waals surface area contributed by atoms with Gasteiger partial charge in [-0.2, -0.15) is 0 Å². The van der Waals surface area contributed by atoms with Crippen LogP contribution in [-0.2, 0) is 9.59 Å². The summed E-state index contributed by atoms with van der Waals surface area (Å²) < 4.78 is 58.3. The van der Waals surface area contributed by atoms with Gasteiger partial charge in [0, 0.05) is 29.1 Å². The lowest BCUT2D eigenvalue weighted by atomic mass is 9.83. The van der Waals surface area contributed by atoms with E-state index >= 15 is 4.39 Å². The smallest absolute Gasteiger partial charge is 0.232 e. The molecule has 0 bridgehead atoms. The maximum atomic E-state index is 15.0. The minimum atomic E-state index is -1.08. The molecule has 2 saturated carbocycles. The van der Waals surface area contributed by atoms with Crippen LogP contribution in [-0.4, -0.2) is 46.7 Å². The minimum Gasteiger partial charge on any atom is -0.309 e. The van der Waals surface area contributed by atoms with E-state index in [2.05, 4.69) is 45.5 Å². The zero-order chi connectivity index (χ0) is 36.0. The van der Waals surface area contributed by atoms with Crippen LogP contribution in [0.25, 0.3) is 45.2 Å². The first-order chi connectivity index (χ1) is 25.2. The Morgan fingerprint density at radius 1 is 0.538 bits per heavy atom. The number of aromatic nitrogens is 7. The molecule has 5 heterocycles. The molecule has 52 heavy (non-hydrogen) atoms. The summed E-state index contributed by atoms with van der Waals surface area (Å²) in [6.07, 6.45) is 9.95. The molecular weight excluding hydrogens is 678 g/mol. The average molecular weight is 704 g/mol. The molecule has 2 N–H and O–H groups in total. The van der Waals surface area contributed by atoms with Gasteiger partial charge < -0.3 is 10.6 Å². The van der Waals surface area contributed by atoms with Crippen LogP contribution in [0.4, 0.5) is 29.2 Å². The van der Waals surface area contributed by atoms with E-state index in [0.717, 1.165) is 18.6 Å². The number of pyridine rings is 3. The number of hydrogen-bond donors (Lipinski definition) is 2. The summed E-state index contributed by atoms with van der Waals surface area (Å²) in [5.41, 5.74) is -1.56. The fourth-order valence-corrected chi connectivity index (χ4v) is 6.53. The SMILES string of the molecule is O=C(Nc1cnc(-c2ccncc2F)c(-c2ccc(F)cn2)n1)C1(C2(C(=O)Nc3cnc(-c4ccncc4F)c(-c4ccccc4F)n3)CC2)CC1. The second-order valence-electron chi connectivity index (χ2n) is 12.5. The Balaban J connectivity index is 1.08. The average Bonchev–Trinajstić information content (AvgIpc) is 4.08. The predicted octanol–water partition coefficient (Wildman–Crippen LogP) is 6.81. The summed E-state index contributed by atoms with van der Waals surface area (Å²) in [7, 11) is 0. The third kappa shape index (κ3) is 5.69. The summed E-state index contributed by atoms with van der Waals surface area (Å²) in [5, 5.41) is 5.55. The van der Waals surface area contributed by atoms with Crippen molar-refractivity contribution < 1.29 is 27.2 Å². The van der Waals surface area contributed by atoms with Gasteiger partial charge in [0.1, 0.15) is 28.7 Å². The highest BCUT2D eigenvalue weighted by Crippen LogP contribution is 2.71. The molecular formula is C37H25F4N9O2. The van der Waals surface area contributed by atoms with E-state index in [-0.39, 0.29) is 56.8 Å². The number of anilines is 2. The van der Waals surface area contributed by atoms with E-state index in [4.69, 9.17) is 0 Å². The highest BCUT2D eigenvalue weighted by Gasteiger charge is 2.73. The molecule has 0 radical (unpaired) electrons. The fraction of sp³-hybridized carbons (Fsp3) is 0.162. The van der Waals surface area contributed by atoms with Crippen molar-refractivity contribution in [3.05, 3.63) is 115 Å². The van der Waals surface area contributed by atoms with Gasteiger partial charge in [-0.1, -0.05) is 12.1 Å². The monoisotopic (exact) mass is 703 g/mol. The molecule has 5 aromatic heterocycles. The lowest BCUT2D eigenvalue weighted by molar-refractivity contribution is -0.132. The first-order valence-corrected chi connectivity index (χ1v) is 16.1. The third-order valence-electron chi connectivity index (χ3n) is 9.47. The van der Waals surface area contributed by atoms with Crippen molar-refractivity contribution in [1.82, 2.24) is 34.9 Å². The Bertz CT molecular complexity index is 2380. The van der Waals surface area contributed by atoms with Crippen molar-refractivity contribution in [2.45, 2.75) is 25.7 Å². The van der Waals surface area contributed by atoms with E-state index in [0.29, 0.717) is 25.7 Å². The van der Waals surface area contributed by atoms with Crippen molar-refractivity contribution in [3.63, 3.8) is 0 Å². The van der Waals surface area contributed by atoms with Gasteiger partial charge in [-0.25, -0.2) is 37.5 Å². The van der Waals surface area contributed by atoms with Crippen molar-refractivity contribution in [2.24, 2.45) is 10.8 Å². The van der Waals surface area contributed by atoms with Gasteiger partial charge in [0.05, 0.1) is 53.2 Å². The molecule has 2 amide bonds. The second-order valence-corrected chi connectivity index (χ2v) is 12.5. The Morgan fingerprint density at radius 3 is 1.56 bits per heavy atom. The lowest BCUT2D eigenvalue weighted by Crippen LogP contribution is -2.40. The number of carbonyl (C=O) groups excluding carboxylic acids is 2. The quantitative estimate of drug-likeness (QED) is 0.155. The summed E-state index contributed by atoms with van der Waals surface area (Å²) in [5.74, 6) is -3.48. The standard InChI is InChI=1S/C37H25F4N9O2/c38-20-5-6-27(44-15-20)33-31(23-8-14-43-17-26(23)41)46-19-29(48-33)50-35(52)37(11-12-37)36(9-10-36)34(51)49-28-18-45-30(22-7-13-42-16-25(22)40)32(47-28)21-3-1-2-4-24(21)39/h1-8,13-19H,9-12H2,(H,47,49,51)(H,48,50,52). The molecule has 0 aliphatic heterocycles. The highest BCUT2D eigenvalue weighted by molar-refractivity contribution is 6.06. The predicted molar refractivity (Wildman–Crippen MR) is 180 cm³/mol. The van der Waals surface area contributed by atoms with Gasteiger partial charge in [0.25, 0.3) is 0 Å². The molecule has 0 saturated heterocycles. The number of hydrogen-bond acceptors (Lipinski definition) is 9. The number of carbonyl (C=O) groups is 2. The molecule has 0 atom stereocenters. The van der Waals surface area contributed by atoms with Crippen LogP contribution in [0.1, 0.15) is 25.7 Å². The fourth-order valence-electron chi connectivity index (χ4n) is 6.53. The molecule has 2 fully saturated rings. The zero-order valence-corrected chi connectivity index (χ0v) is 26.9. The number of nitrogens with zero attached hydrogens (tertiary/aromatic N) is 7. The summed E-state index contributed by atoms with van der Waals surface area (Å²) >= 11 is 0. The number of rotatable bonds is 9. The summed E-state index contributed by atoms with van der Waals surface area (Å²) in [6.45, 7) is 0. The van der Waals surface area contributed by atoms with Crippen LogP contribution in [0.3, 0.4) is 0 Å². The Morgan fingerprint density at radius 2 is 1.06 bits per heavy atom. The zero-order valence-electron chi connectivity index (χ0n) is 26.9. The minimum absolute atomic E-state index is 0.00448. The maximum Gasteiger partial charge on any atom is 0.232 e. The van der Waals surface area contributed by atoms with Gasteiger partial charge in [0.15, 0.2) is 23.3 Å². The maximum absolute atomic E-state index is 15.0. The van der Waals surface area contributed by atoms with Crippen LogP contribution in [0.5, 0.6) is 0 Å². The van der Waals surface area contributed by atoms with Crippen molar-refractivity contribution in [1.29, 1.82) is 0 Å². The molecule has 6 aromatic rings. The Hall–Kier alpha value is -6.51. The van der Waals surface area contributed by atoms with Crippen LogP contribution in [0, 0.1) is 34.1 Å². The Labute approximate surface area is 292 Å². The van der Waals surface area contributed by atoms with E-state index < -0.39 is 45.9 Å². The third-order valence-corrected chi connectivity index (χ3v) is 9.47. The van der Waals surface area contributed by atoms with Crippen LogP contribution >= 0.6 is 0 Å². The number of nitrogens with one attached hydrogen (secondary N) is 2. The molecule has 2 aliphatic rings. The van der Waals surface area contributed by atoms with Gasteiger partial charge >= 0.3 is 0 Å². The van der Waals surface area contributed by atoms with Crippen LogP contribution in [0.2, 0.25) is 0 Å². The number of benzene rings is 1. The summed E-state index contributed by atoms with van der Waals surface area (Å²) in [6, 6.07) is 11.1. The second kappa shape index (κ2) is 12.7. The van der Waals surface area contributed by atoms with E-state index in [1.807, 2.05) is 0 Å². The first-order valence-electron chi connectivity index (χ1n) is 16.1. The molecule has 15 heteroatoms. The van der Waals surface area contributed by atoms with Crippen molar-refractivity contribution in [2.75, 3.05) is 10.6 Å². The van der Waals surface area contributed by atoms with E-state index in [9.17, 15) is 22.8 Å². The molecule has 0 unspecified atom stereocenters. The van der Waals surface area contributed by atoms with Crippen LogP contribution < -0.4 is 10.6 Å². The molecule has 8 rings (SSSR count). The van der Waals surface area contributed by atoms with E-state index in [1.54, 1.807) is 6.07 Å². The summed E-state index contributed by atoms with van der Waals surface area (Å²) in [4.78, 5) is 57.3. The van der Waals surface area contributed by atoms with Crippen molar-refractivity contribution >= 4 is 23.5 Å². The van der Waals surface area contributed by atoms with Gasteiger partial charge in [-0.15, -0.1) is 0 Å². The van der Waals surface area contributed by atoms with Crippen LogP contribution in [0.15, 0.2) is 91.9 Å². The molecule has 1 aromatic carbocycles. The van der Waals surface area contributed by atoms with Gasteiger partial charge in [-0.05, 0) is 62.1 Å². The van der Waals surface area contributed by atoms with Gasteiger partial charge in [0.2, 0.25) is 11.8 Å². The lowest BCUT2D eigenvalue weighted by Gasteiger charge is -2.25. The first kappa shape index (κ1) is 32.7. The normalized spacial score (nSPS) is 15.1. The highest BCUT2D eigenvalue weighted by atomic mass is 19.1. The van der Waals surface area contributed by atoms with Crippen molar-refractivity contribution in [3.8, 4) is 45.2 Å². The Kier molecular flexibility index (Phi) is 7.96. The topological polar surface area (TPSA) is 148 Å². The number of halogens is 4. The molecule has 11 nitrogen and oxygen atoms in total. The molecule has 2 aliphatic carbocycles.